The van der Waals surface area contributed by atoms with Crippen LogP contribution in [-0.4, -0.2) is 53.7 Å². The van der Waals surface area contributed by atoms with Crippen molar-refractivity contribution in [3.8, 4) is 11.8 Å². The summed E-state index contributed by atoms with van der Waals surface area (Å²) in [5.41, 5.74) is 0.709. The second kappa shape index (κ2) is 10.4. The molecule has 0 aromatic heterocycles. The molecule has 2 aliphatic rings. The standard InChI is InChI=1S/C29H34ClN3O4/c1-28(2)26(29(3,4)27(28)37-22-10-9-21(16-31)23(30)15-22)32-24(35)19-5-7-20(8-6-19)25(36)33-13-11-18(17-34)12-14-33/h5-10,15,18,26-27,34H,11-14,17H2,1-4H3,(H,32,35)/t26-,27-. The molecule has 1 saturated heterocycles. The molecule has 196 valence electrons. The molecule has 1 heterocycles. The summed E-state index contributed by atoms with van der Waals surface area (Å²) in [6, 6.07) is 13.7. The number of hydrogen-bond donors (Lipinski definition) is 2. The Labute approximate surface area is 223 Å². The van der Waals surface area contributed by atoms with Crippen molar-refractivity contribution in [2.45, 2.75) is 52.7 Å². The first kappa shape index (κ1) is 27.0. The number of halogens is 1. The predicted molar refractivity (Wildman–Crippen MR) is 142 cm³/mol. The van der Waals surface area contributed by atoms with Crippen molar-refractivity contribution >= 4 is 23.4 Å². The van der Waals surface area contributed by atoms with E-state index in [1.165, 1.54) is 0 Å². The molecule has 7 nitrogen and oxygen atoms in total. The Morgan fingerprint density at radius 1 is 1.08 bits per heavy atom. The van der Waals surface area contributed by atoms with Gasteiger partial charge in [0, 0.05) is 53.8 Å². The number of rotatable bonds is 6. The monoisotopic (exact) mass is 523 g/mol. The quantitative estimate of drug-likeness (QED) is 0.573. The van der Waals surface area contributed by atoms with Gasteiger partial charge in [-0.3, -0.25) is 9.59 Å². The van der Waals surface area contributed by atoms with Gasteiger partial charge in [-0.25, -0.2) is 0 Å². The van der Waals surface area contributed by atoms with Crippen LogP contribution in [-0.2, 0) is 0 Å². The number of ether oxygens (including phenoxy) is 1. The Morgan fingerprint density at radius 3 is 2.22 bits per heavy atom. The minimum atomic E-state index is -0.365. The molecule has 2 amide bonds. The third-order valence-corrected chi connectivity index (χ3v) is 8.30. The lowest BCUT2D eigenvalue weighted by molar-refractivity contribution is -0.164. The van der Waals surface area contributed by atoms with E-state index in [0.29, 0.717) is 40.6 Å². The van der Waals surface area contributed by atoms with Crippen LogP contribution >= 0.6 is 11.6 Å². The van der Waals surface area contributed by atoms with Crippen molar-refractivity contribution in [1.29, 1.82) is 5.26 Å². The third kappa shape index (κ3) is 5.18. The fourth-order valence-electron chi connectivity index (χ4n) is 6.08. The van der Waals surface area contributed by atoms with Gasteiger partial charge in [0.15, 0.2) is 0 Å². The molecular weight excluding hydrogens is 490 g/mol. The van der Waals surface area contributed by atoms with Crippen LogP contribution in [0, 0.1) is 28.1 Å². The van der Waals surface area contributed by atoms with E-state index in [2.05, 4.69) is 33.0 Å². The fraction of sp³-hybridized carbons (Fsp3) is 0.483. The number of likely N-dealkylation sites (tertiary alicyclic amines) is 1. The number of nitrogens with zero attached hydrogens (tertiary/aromatic N) is 2. The number of amides is 2. The lowest BCUT2D eigenvalue weighted by Gasteiger charge is -2.63. The Morgan fingerprint density at radius 2 is 1.68 bits per heavy atom. The summed E-state index contributed by atoms with van der Waals surface area (Å²) in [7, 11) is 0. The third-order valence-electron chi connectivity index (χ3n) is 7.98. The first-order chi connectivity index (χ1) is 17.5. The van der Waals surface area contributed by atoms with Gasteiger partial charge in [0.25, 0.3) is 11.8 Å². The zero-order valence-corrected chi connectivity index (χ0v) is 22.5. The molecule has 0 bridgehead atoms. The summed E-state index contributed by atoms with van der Waals surface area (Å²) >= 11 is 6.18. The number of nitrogens with one attached hydrogen (secondary N) is 1. The zero-order chi connectivity index (χ0) is 27.0. The summed E-state index contributed by atoms with van der Waals surface area (Å²) in [5.74, 6) is 0.601. The number of nitriles is 1. The topological polar surface area (TPSA) is 103 Å². The van der Waals surface area contributed by atoms with E-state index in [1.807, 2.05) is 11.0 Å². The lowest BCUT2D eigenvalue weighted by atomic mass is 9.49. The van der Waals surface area contributed by atoms with Gasteiger partial charge in [-0.15, -0.1) is 0 Å². The molecule has 2 aromatic rings. The molecule has 1 aliphatic heterocycles. The molecule has 2 N–H and O–H groups in total. The number of aliphatic hydroxyl groups is 1. The Kier molecular flexibility index (Phi) is 7.55. The minimum absolute atomic E-state index is 0.0486. The molecule has 0 atom stereocenters. The molecule has 2 aromatic carbocycles. The van der Waals surface area contributed by atoms with E-state index in [-0.39, 0.29) is 47.3 Å². The van der Waals surface area contributed by atoms with E-state index in [4.69, 9.17) is 21.6 Å². The largest absolute Gasteiger partial charge is 0.489 e. The molecule has 8 heteroatoms. The van der Waals surface area contributed by atoms with E-state index < -0.39 is 0 Å². The van der Waals surface area contributed by atoms with Crippen molar-refractivity contribution in [3.05, 3.63) is 64.2 Å². The van der Waals surface area contributed by atoms with Crippen LogP contribution in [0.15, 0.2) is 42.5 Å². The summed E-state index contributed by atoms with van der Waals surface area (Å²) in [6.45, 7) is 9.66. The van der Waals surface area contributed by atoms with E-state index in [9.17, 15) is 14.7 Å². The van der Waals surface area contributed by atoms with Gasteiger partial charge in [-0.2, -0.15) is 5.26 Å². The summed E-state index contributed by atoms with van der Waals surface area (Å²) in [6.07, 6.45) is 1.42. The lowest BCUT2D eigenvalue weighted by Crippen LogP contribution is -2.74. The Hall–Kier alpha value is -3.08. The SMILES string of the molecule is CC1(C)[C@H](NC(=O)c2ccc(C(=O)N3CCC(CO)CC3)cc2)C(C)(C)[C@H]1Oc1ccc(C#N)c(Cl)c1. The summed E-state index contributed by atoms with van der Waals surface area (Å²) in [5, 5.41) is 21.9. The highest BCUT2D eigenvalue weighted by atomic mass is 35.5. The molecule has 1 saturated carbocycles. The first-order valence-corrected chi connectivity index (χ1v) is 13.0. The molecular formula is C29H34ClN3O4. The number of piperidine rings is 1. The van der Waals surface area contributed by atoms with E-state index >= 15 is 0 Å². The molecule has 0 spiro atoms. The number of aliphatic hydroxyl groups excluding tert-OH is 1. The highest BCUT2D eigenvalue weighted by Gasteiger charge is 2.64. The van der Waals surface area contributed by atoms with Crippen molar-refractivity contribution < 1.29 is 19.4 Å². The van der Waals surface area contributed by atoms with Crippen LogP contribution in [0.4, 0.5) is 0 Å². The van der Waals surface area contributed by atoms with Crippen LogP contribution in [0.25, 0.3) is 0 Å². The van der Waals surface area contributed by atoms with Gasteiger partial charge in [0.05, 0.1) is 10.6 Å². The Bertz CT molecular complexity index is 1190. The maximum Gasteiger partial charge on any atom is 0.253 e. The number of carbonyl (C=O) groups excluding carboxylic acids is 2. The number of hydrogen-bond acceptors (Lipinski definition) is 5. The fourth-order valence-corrected chi connectivity index (χ4v) is 6.29. The van der Waals surface area contributed by atoms with Gasteiger partial charge in [0.1, 0.15) is 17.9 Å². The van der Waals surface area contributed by atoms with Gasteiger partial charge in [0.2, 0.25) is 0 Å². The number of benzene rings is 2. The van der Waals surface area contributed by atoms with Crippen molar-refractivity contribution in [2.75, 3.05) is 19.7 Å². The smallest absolute Gasteiger partial charge is 0.253 e. The van der Waals surface area contributed by atoms with Crippen molar-refractivity contribution in [1.82, 2.24) is 10.2 Å². The van der Waals surface area contributed by atoms with Crippen LogP contribution in [0.1, 0.15) is 66.8 Å². The maximum absolute atomic E-state index is 13.1. The zero-order valence-electron chi connectivity index (χ0n) is 21.8. The molecule has 37 heavy (non-hydrogen) atoms. The normalized spacial score (nSPS) is 22.5. The van der Waals surface area contributed by atoms with Crippen molar-refractivity contribution in [2.24, 2.45) is 16.7 Å². The van der Waals surface area contributed by atoms with Gasteiger partial charge >= 0.3 is 0 Å². The van der Waals surface area contributed by atoms with Gasteiger partial charge < -0.3 is 20.1 Å². The highest BCUT2D eigenvalue weighted by Crippen LogP contribution is 2.55. The Balaban J connectivity index is 1.39. The van der Waals surface area contributed by atoms with E-state index in [1.54, 1.807) is 42.5 Å². The van der Waals surface area contributed by atoms with Crippen LogP contribution in [0.3, 0.4) is 0 Å². The van der Waals surface area contributed by atoms with Crippen LogP contribution in [0.5, 0.6) is 5.75 Å². The maximum atomic E-state index is 13.1. The van der Waals surface area contributed by atoms with Crippen LogP contribution in [0.2, 0.25) is 5.02 Å². The van der Waals surface area contributed by atoms with Gasteiger partial charge in [-0.05, 0) is 55.2 Å². The van der Waals surface area contributed by atoms with Crippen molar-refractivity contribution in [3.63, 3.8) is 0 Å². The molecule has 0 unspecified atom stereocenters. The minimum Gasteiger partial charge on any atom is -0.489 e. The molecule has 1 aliphatic carbocycles. The summed E-state index contributed by atoms with van der Waals surface area (Å²) in [4.78, 5) is 27.8. The van der Waals surface area contributed by atoms with E-state index in [0.717, 1.165) is 12.8 Å². The predicted octanol–water partition coefficient (Wildman–Crippen LogP) is 4.67. The molecule has 0 radical (unpaired) electrons. The number of carbonyl (C=O) groups is 2. The second-order valence-electron chi connectivity index (χ2n) is 11.3. The molecule has 4 rings (SSSR count). The summed E-state index contributed by atoms with van der Waals surface area (Å²) < 4.78 is 6.29. The van der Waals surface area contributed by atoms with Gasteiger partial charge in [-0.1, -0.05) is 39.3 Å². The average molecular weight is 524 g/mol. The second-order valence-corrected chi connectivity index (χ2v) is 11.7. The first-order valence-electron chi connectivity index (χ1n) is 12.7. The van der Waals surface area contributed by atoms with Crippen LogP contribution < -0.4 is 10.1 Å². The highest BCUT2D eigenvalue weighted by molar-refractivity contribution is 6.31. The molecule has 2 fully saturated rings. The average Bonchev–Trinajstić information content (AvgIpc) is 2.89.